The molecule has 108 valence electrons. The molecule has 0 fully saturated rings. The van der Waals surface area contributed by atoms with Crippen molar-refractivity contribution in [3.63, 3.8) is 0 Å². The summed E-state index contributed by atoms with van der Waals surface area (Å²) in [5, 5.41) is 3.79. The predicted molar refractivity (Wildman–Crippen MR) is 83.5 cm³/mol. The van der Waals surface area contributed by atoms with Gasteiger partial charge in [-0.1, -0.05) is 43.0 Å². The highest BCUT2D eigenvalue weighted by Gasteiger charge is 2.13. The number of nitrogens with two attached hydrogens (primary N) is 1. The maximum Gasteiger partial charge on any atom is 0.251 e. The molecule has 1 amide bonds. The van der Waals surface area contributed by atoms with Crippen molar-refractivity contribution in [2.75, 3.05) is 6.54 Å². The number of nitrogens with one attached hydrogen (secondary N) is 1. The number of hydrogen-bond donors (Lipinski definition) is 2. The lowest BCUT2D eigenvalue weighted by Gasteiger charge is -2.16. The van der Waals surface area contributed by atoms with Crippen molar-refractivity contribution in [3.05, 3.63) is 33.8 Å². The van der Waals surface area contributed by atoms with E-state index in [1.54, 1.807) is 18.2 Å². The Morgan fingerprint density at radius 3 is 2.37 bits per heavy atom. The SMILES string of the molecule is CCCCC(CN)NC(=O)c1cc(Cl)cc(Cl)c1.Cl. The van der Waals surface area contributed by atoms with Gasteiger partial charge in [0.25, 0.3) is 5.91 Å². The number of carbonyl (C=O) groups is 1. The fourth-order valence-electron chi connectivity index (χ4n) is 1.65. The van der Waals surface area contributed by atoms with E-state index in [1.165, 1.54) is 0 Å². The summed E-state index contributed by atoms with van der Waals surface area (Å²) in [6, 6.07) is 4.78. The summed E-state index contributed by atoms with van der Waals surface area (Å²) in [6.07, 6.45) is 3.00. The van der Waals surface area contributed by atoms with E-state index in [4.69, 9.17) is 28.9 Å². The van der Waals surface area contributed by atoms with Crippen molar-refractivity contribution in [2.45, 2.75) is 32.2 Å². The first-order valence-electron chi connectivity index (χ1n) is 6.03. The van der Waals surface area contributed by atoms with Gasteiger partial charge in [0.15, 0.2) is 0 Å². The van der Waals surface area contributed by atoms with Gasteiger partial charge in [-0.3, -0.25) is 4.79 Å². The largest absolute Gasteiger partial charge is 0.348 e. The zero-order chi connectivity index (χ0) is 13.5. The second kappa shape index (κ2) is 9.43. The Kier molecular flexibility index (Phi) is 9.19. The number of halogens is 3. The molecule has 0 aliphatic rings. The highest BCUT2D eigenvalue weighted by molar-refractivity contribution is 6.35. The number of unbranched alkanes of at least 4 members (excludes halogenated alkanes) is 1. The minimum atomic E-state index is -0.189. The molecule has 3 nitrogen and oxygen atoms in total. The lowest BCUT2D eigenvalue weighted by atomic mass is 10.1. The summed E-state index contributed by atoms with van der Waals surface area (Å²) < 4.78 is 0. The van der Waals surface area contributed by atoms with Gasteiger partial charge in [0, 0.05) is 28.2 Å². The Bertz CT molecular complexity index is 393. The molecule has 6 heteroatoms. The Morgan fingerprint density at radius 2 is 1.89 bits per heavy atom. The first-order valence-corrected chi connectivity index (χ1v) is 6.79. The van der Waals surface area contributed by atoms with Gasteiger partial charge in [0.1, 0.15) is 0 Å². The van der Waals surface area contributed by atoms with Crippen LogP contribution in [0.1, 0.15) is 36.5 Å². The Labute approximate surface area is 130 Å². The van der Waals surface area contributed by atoms with E-state index < -0.39 is 0 Å². The molecule has 0 aliphatic heterocycles. The van der Waals surface area contributed by atoms with Crippen LogP contribution >= 0.6 is 35.6 Å². The molecule has 19 heavy (non-hydrogen) atoms. The molecule has 0 aliphatic carbocycles. The summed E-state index contributed by atoms with van der Waals surface area (Å²) in [5.74, 6) is -0.189. The van der Waals surface area contributed by atoms with Crippen LogP contribution in [0.2, 0.25) is 10.0 Å². The first kappa shape index (κ1) is 18.5. The third-order valence-electron chi connectivity index (χ3n) is 2.65. The fraction of sp³-hybridized carbons (Fsp3) is 0.462. The van der Waals surface area contributed by atoms with Gasteiger partial charge in [0.05, 0.1) is 0 Å². The van der Waals surface area contributed by atoms with Gasteiger partial charge < -0.3 is 11.1 Å². The molecule has 1 unspecified atom stereocenters. The van der Waals surface area contributed by atoms with Gasteiger partial charge in [-0.25, -0.2) is 0 Å². The van der Waals surface area contributed by atoms with E-state index in [1.807, 2.05) is 0 Å². The van der Waals surface area contributed by atoms with E-state index >= 15 is 0 Å². The van der Waals surface area contributed by atoms with E-state index in [-0.39, 0.29) is 24.4 Å². The van der Waals surface area contributed by atoms with E-state index in [9.17, 15) is 4.79 Å². The molecule has 0 aromatic heterocycles. The molecular formula is C13H19Cl3N2O. The molecule has 1 aromatic rings. The number of amides is 1. The van der Waals surface area contributed by atoms with Crippen molar-refractivity contribution >= 4 is 41.5 Å². The van der Waals surface area contributed by atoms with E-state index in [0.717, 1.165) is 19.3 Å². The van der Waals surface area contributed by atoms with E-state index in [2.05, 4.69) is 12.2 Å². The molecule has 0 heterocycles. The fourth-order valence-corrected chi connectivity index (χ4v) is 2.18. The quantitative estimate of drug-likeness (QED) is 0.838. The summed E-state index contributed by atoms with van der Waals surface area (Å²) >= 11 is 11.7. The molecule has 0 saturated carbocycles. The van der Waals surface area contributed by atoms with Crippen LogP contribution in [0.5, 0.6) is 0 Å². The van der Waals surface area contributed by atoms with Crippen LogP contribution in [-0.2, 0) is 0 Å². The monoisotopic (exact) mass is 324 g/mol. The van der Waals surface area contributed by atoms with Crippen LogP contribution in [0.3, 0.4) is 0 Å². The molecule has 0 saturated heterocycles. The first-order chi connectivity index (χ1) is 8.56. The van der Waals surface area contributed by atoms with Gasteiger partial charge in [-0.05, 0) is 24.6 Å². The lowest BCUT2D eigenvalue weighted by Crippen LogP contribution is -2.40. The second-order valence-electron chi connectivity index (χ2n) is 4.21. The normalized spacial score (nSPS) is 11.6. The Balaban J connectivity index is 0.00000324. The minimum Gasteiger partial charge on any atom is -0.348 e. The van der Waals surface area contributed by atoms with Gasteiger partial charge in [-0.15, -0.1) is 12.4 Å². The molecule has 1 atom stereocenters. The van der Waals surface area contributed by atoms with Crippen molar-refractivity contribution in [3.8, 4) is 0 Å². The minimum absolute atomic E-state index is 0. The van der Waals surface area contributed by atoms with Crippen molar-refractivity contribution < 1.29 is 4.79 Å². The van der Waals surface area contributed by atoms with Crippen LogP contribution in [0.15, 0.2) is 18.2 Å². The third kappa shape index (κ3) is 6.48. The van der Waals surface area contributed by atoms with Crippen molar-refractivity contribution in [1.82, 2.24) is 5.32 Å². The molecule has 3 N–H and O–H groups in total. The summed E-state index contributed by atoms with van der Waals surface area (Å²) in [5.41, 5.74) is 6.09. The lowest BCUT2D eigenvalue weighted by molar-refractivity contribution is 0.0936. The molecule has 0 bridgehead atoms. The molecule has 0 radical (unpaired) electrons. The maximum absolute atomic E-state index is 12.0. The zero-order valence-electron chi connectivity index (χ0n) is 10.8. The van der Waals surface area contributed by atoms with Crippen molar-refractivity contribution in [1.29, 1.82) is 0 Å². The zero-order valence-corrected chi connectivity index (χ0v) is 13.1. The van der Waals surface area contributed by atoms with Crippen LogP contribution < -0.4 is 11.1 Å². The number of benzene rings is 1. The predicted octanol–water partition coefficient (Wildman–Crippen LogP) is 3.66. The van der Waals surface area contributed by atoms with Crippen LogP contribution in [0.4, 0.5) is 0 Å². The Morgan fingerprint density at radius 1 is 1.32 bits per heavy atom. The van der Waals surface area contributed by atoms with Crippen LogP contribution in [0, 0.1) is 0 Å². The Hall–Kier alpha value is -0.480. The molecule has 0 spiro atoms. The van der Waals surface area contributed by atoms with Gasteiger partial charge >= 0.3 is 0 Å². The van der Waals surface area contributed by atoms with E-state index in [0.29, 0.717) is 22.2 Å². The average Bonchev–Trinajstić information content (AvgIpc) is 2.32. The molecule has 1 aromatic carbocycles. The maximum atomic E-state index is 12.0. The topological polar surface area (TPSA) is 55.1 Å². The van der Waals surface area contributed by atoms with Crippen molar-refractivity contribution in [2.24, 2.45) is 5.73 Å². The average molecular weight is 326 g/mol. The highest BCUT2D eigenvalue weighted by atomic mass is 35.5. The number of hydrogen-bond acceptors (Lipinski definition) is 2. The number of rotatable bonds is 6. The van der Waals surface area contributed by atoms with Gasteiger partial charge in [-0.2, -0.15) is 0 Å². The smallest absolute Gasteiger partial charge is 0.251 e. The standard InChI is InChI=1S/C13H18Cl2N2O.ClH/c1-2-3-4-12(8-16)17-13(18)9-5-10(14)7-11(15)6-9;/h5-7,12H,2-4,8,16H2,1H3,(H,17,18);1H. The van der Waals surface area contributed by atoms with Gasteiger partial charge in [0.2, 0.25) is 0 Å². The number of carbonyl (C=O) groups excluding carboxylic acids is 1. The second-order valence-corrected chi connectivity index (χ2v) is 5.08. The third-order valence-corrected chi connectivity index (χ3v) is 3.09. The summed E-state index contributed by atoms with van der Waals surface area (Å²) in [6.45, 7) is 2.53. The highest BCUT2D eigenvalue weighted by Crippen LogP contribution is 2.19. The summed E-state index contributed by atoms with van der Waals surface area (Å²) in [4.78, 5) is 12.0. The van der Waals surface area contributed by atoms with Crippen LogP contribution in [0.25, 0.3) is 0 Å². The molecule has 1 rings (SSSR count). The van der Waals surface area contributed by atoms with Crippen LogP contribution in [-0.4, -0.2) is 18.5 Å². The molecular weight excluding hydrogens is 307 g/mol. The summed E-state index contributed by atoms with van der Waals surface area (Å²) in [7, 11) is 0.